The molecule has 2 rings (SSSR count). The molecule has 31 heavy (non-hydrogen) atoms. The van der Waals surface area contributed by atoms with E-state index >= 15 is 0 Å². The van der Waals surface area contributed by atoms with Crippen molar-refractivity contribution in [1.29, 1.82) is 0 Å². The first-order valence-electron chi connectivity index (χ1n) is 9.91. The van der Waals surface area contributed by atoms with Crippen LogP contribution in [0, 0.1) is 0 Å². The van der Waals surface area contributed by atoms with Crippen LogP contribution in [0.15, 0.2) is 48.5 Å². The molecule has 2 aromatic rings. The maximum absolute atomic E-state index is 12.2. The Morgan fingerprint density at radius 3 is 1.42 bits per heavy atom. The van der Waals surface area contributed by atoms with Gasteiger partial charge in [-0.15, -0.1) is 0 Å². The predicted molar refractivity (Wildman–Crippen MR) is 121 cm³/mol. The van der Waals surface area contributed by atoms with Crippen molar-refractivity contribution in [2.45, 2.75) is 26.1 Å². The van der Waals surface area contributed by atoms with Crippen LogP contribution >= 0.6 is 0 Å². The van der Waals surface area contributed by atoms with Gasteiger partial charge in [-0.3, -0.25) is 0 Å². The Kier molecular flexibility index (Phi) is 9.87. The average molecular weight is 494 g/mol. The zero-order valence-corrected chi connectivity index (χ0v) is 19.5. The van der Waals surface area contributed by atoms with E-state index in [9.17, 15) is 14.4 Å². The van der Waals surface area contributed by atoms with Crippen molar-refractivity contribution in [3.63, 3.8) is 0 Å². The Morgan fingerprint density at radius 2 is 1.06 bits per heavy atom. The number of carbonyl (C=O) groups excluding carboxylic acids is 3. The molecule has 0 unspecified atom stereocenters. The number of hydrogen-bond donors (Lipinski definition) is 2. The predicted octanol–water partition coefficient (Wildman–Crippen LogP) is 3.00. The molecule has 0 fully saturated rings. The maximum atomic E-state index is 12.2. The number of carbonyl (C=O) groups is 3. The second kappa shape index (κ2) is 12.6. The number of esters is 1. The monoisotopic (exact) mass is 495 g/mol. The molecule has 8 nitrogen and oxygen atoms in total. The van der Waals surface area contributed by atoms with Crippen LogP contribution in [0.25, 0.3) is 0 Å². The van der Waals surface area contributed by atoms with Crippen LogP contribution in [0.3, 0.4) is 0 Å². The van der Waals surface area contributed by atoms with Gasteiger partial charge >= 0.3 is 186 Å². The first kappa shape index (κ1) is 24.2. The first-order valence-corrected chi connectivity index (χ1v) is 12.8. The minimum absolute atomic E-state index is 0.255. The minimum atomic E-state index is -1.77. The Hall–Kier alpha value is -3.03. The zero-order valence-electron chi connectivity index (χ0n) is 17.8. The van der Waals surface area contributed by atoms with Crippen LogP contribution < -0.4 is 19.6 Å². The van der Waals surface area contributed by atoms with Crippen molar-refractivity contribution in [2.75, 3.05) is 30.5 Å². The van der Waals surface area contributed by atoms with Crippen molar-refractivity contribution in [2.24, 2.45) is 0 Å². The summed E-state index contributed by atoms with van der Waals surface area (Å²) in [6.45, 7) is 6.15. The fourth-order valence-corrected chi connectivity index (χ4v) is 6.49. The van der Waals surface area contributed by atoms with Crippen molar-refractivity contribution in [3.05, 3.63) is 48.5 Å². The molecule has 0 aromatic heterocycles. The molecule has 9 heteroatoms. The van der Waals surface area contributed by atoms with Gasteiger partial charge < -0.3 is 0 Å². The molecule has 0 saturated carbocycles. The summed E-state index contributed by atoms with van der Waals surface area (Å²) in [5.41, 5.74) is 1.22. The summed E-state index contributed by atoms with van der Waals surface area (Å²) >= 11 is -1.77. The normalized spacial score (nSPS) is 10.3. The Morgan fingerprint density at radius 1 is 0.677 bits per heavy atom. The first-order chi connectivity index (χ1) is 15.0. The number of hydrogen-bond acceptors (Lipinski definition) is 6. The molecule has 1 radical (unpaired) electrons. The second-order valence-electron chi connectivity index (χ2n) is 6.08. The van der Waals surface area contributed by atoms with E-state index in [0.29, 0.717) is 31.2 Å². The van der Waals surface area contributed by atoms with Crippen molar-refractivity contribution in [1.82, 2.24) is 0 Å². The average Bonchev–Trinajstić information content (AvgIpc) is 2.74. The topological polar surface area (TPSA) is 103 Å². The summed E-state index contributed by atoms with van der Waals surface area (Å²) in [6.07, 6.45) is -1.03. The fourth-order valence-electron chi connectivity index (χ4n) is 2.60. The van der Waals surface area contributed by atoms with E-state index in [2.05, 4.69) is 10.6 Å². The van der Waals surface area contributed by atoms with Gasteiger partial charge in [-0.2, -0.15) is 0 Å². The third-order valence-corrected chi connectivity index (χ3v) is 8.52. The molecule has 2 aromatic carbocycles. The van der Waals surface area contributed by atoms with Gasteiger partial charge in [-0.25, -0.2) is 0 Å². The zero-order chi connectivity index (χ0) is 22.6. The summed E-state index contributed by atoms with van der Waals surface area (Å²) in [5.74, 6) is -0.255. The number of amides is 2. The molecule has 167 valence electrons. The molecule has 2 N–H and O–H groups in total. The fraction of sp³-hybridized carbons (Fsp3) is 0.318. The summed E-state index contributed by atoms with van der Waals surface area (Å²) in [6, 6.07) is 14.7. The quantitative estimate of drug-likeness (QED) is 0.316. The van der Waals surface area contributed by atoms with E-state index in [-0.39, 0.29) is 11.3 Å². The molecule has 2 amide bonds. The van der Waals surface area contributed by atoms with Gasteiger partial charge in [0.15, 0.2) is 0 Å². The summed E-state index contributed by atoms with van der Waals surface area (Å²) in [4.78, 5) is 35.4. The van der Waals surface area contributed by atoms with Gasteiger partial charge in [0.25, 0.3) is 0 Å². The number of rotatable bonds is 9. The summed E-state index contributed by atoms with van der Waals surface area (Å²) in [7, 11) is 0. The van der Waals surface area contributed by atoms with E-state index in [0.717, 1.165) is 8.92 Å². The van der Waals surface area contributed by atoms with Crippen LogP contribution in [-0.4, -0.2) is 51.9 Å². The Bertz CT molecular complexity index is 807. The summed E-state index contributed by atoms with van der Waals surface area (Å²) < 4.78 is 17.0. The molecule has 0 aliphatic rings. The van der Waals surface area contributed by atoms with E-state index < -0.39 is 26.1 Å². The van der Waals surface area contributed by atoms with Gasteiger partial charge in [-0.05, 0) is 0 Å². The van der Waals surface area contributed by atoms with Crippen LogP contribution in [0.5, 0.6) is 0 Å². The van der Waals surface area contributed by atoms with Crippen molar-refractivity contribution >= 4 is 52.4 Å². The number of ether oxygens (including phenoxy) is 3. The molecule has 0 aliphatic heterocycles. The molecule has 0 atom stereocenters. The van der Waals surface area contributed by atoms with Crippen molar-refractivity contribution in [3.8, 4) is 0 Å². The van der Waals surface area contributed by atoms with Crippen LogP contribution in [0.2, 0.25) is 5.32 Å². The van der Waals surface area contributed by atoms with E-state index in [1.165, 1.54) is 0 Å². The van der Waals surface area contributed by atoms with Crippen LogP contribution in [-0.2, 0) is 19.0 Å². The standard InChI is InChI=1S/C22H27N2O6Se/c1-4-28-20(25)15-31(18-11-7-16(8-12-18)23-21(26)29-5-2)19-13-9-17(10-14-19)24-22(27)30-6-3/h7-14H,4-6,15H2,1-3H3,(H,23,26)(H,24,27). The molecule has 0 aliphatic carbocycles. The van der Waals surface area contributed by atoms with Gasteiger partial charge in [0.2, 0.25) is 0 Å². The molecule has 0 bridgehead atoms. The van der Waals surface area contributed by atoms with Crippen LogP contribution in [0.1, 0.15) is 20.8 Å². The van der Waals surface area contributed by atoms with E-state index in [1.807, 2.05) is 24.3 Å². The summed E-state index contributed by atoms with van der Waals surface area (Å²) in [5, 5.41) is 5.59. The molecule has 0 saturated heterocycles. The van der Waals surface area contributed by atoms with Crippen molar-refractivity contribution < 1.29 is 28.6 Å². The SMILES string of the molecule is CCOC(=O)C[Se](c1ccc(NC(=O)OCC)cc1)c1ccc(NC(=O)OCC)cc1. The Balaban J connectivity index is 2.21. The molecule has 0 spiro atoms. The van der Waals surface area contributed by atoms with Crippen LogP contribution in [0.4, 0.5) is 21.0 Å². The van der Waals surface area contributed by atoms with Gasteiger partial charge in [0.1, 0.15) is 0 Å². The third kappa shape index (κ3) is 7.96. The number of anilines is 2. The van der Waals surface area contributed by atoms with E-state index in [4.69, 9.17) is 14.2 Å². The van der Waals surface area contributed by atoms with Gasteiger partial charge in [-0.1, -0.05) is 0 Å². The number of benzene rings is 2. The third-order valence-electron chi connectivity index (χ3n) is 3.89. The Labute approximate surface area is 186 Å². The van der Waals surface area contributed by atoms with E-state index in [1.54, 1.807) is 45.0 Å². The molecule has 0 heterocycles. The molecular weight excluding hydrogens is 467 g/mol. The van der Waals surface area contributed by atoms with Gasteiger partial charge in [0, 0.05) is 0 Å². The molecular formula is C22H27N2O6Se. The number of nitrogens with one attached hydrogen (secondary N) is 2. The second-order valence-corrected chi connectivity index (χ2v) is 10.3. The van der Waals surface area contributed by atoms with Gasteiger partial charge in [0.05, 0.1) is 0 Å².